The van der Waals surface area contributed by atoms with Crippen LogP contribution in [0.25, 0.3) is 0 Å². The first-order valence-electron chi connectivity index (χ1n) is 8.94. The van der Waals surface area contributed by atoms with Crippen molar-refractivity contribution in [3.8, 4) is 5.75 Å². The molecule has 2 aromatic rings. The molecule has 0 aliphatic carbocycles. The van der Waals surface area contributed by atoms with Crippen molar-refractivity contribution in [3.05, 3.63) is 65.2 Å². The Balaban J connectivity index is 2.23. The molecular formula is C22H30O. The number of benzene rings is 2. The largest absolute Gasteiger partial charge is 0.508 e. The third-order valence-electron chi connectivity index (χ3n) is 4.80. The smallest absolute Gasteiger partial charge is 0.119 e. The Kier molecular flexibility index (Phi) is 6.27. The molecule has 1 nitrogen and oxygen atoms in total. The standard InChI is InChI=1S/C22H30O/c1-4-5-6-7-9-13-18-14-12-17-20(23)21(18)22(2,3)19-15-10-8-11-16-19/h8,10-12,14-17,23H,4-7,9,13H2,1-3H3. The lowest BCUT2D eigenvalue weighted by Crippen LogP contribution is -2.21. The second-order valence-corrected chi connectivity index (χ2v) is 6.97. The second kappa shape index (κ2) is 8.19. The average molecular weight is 310 g/mol. The highest BCUT2D eigenvalue weighted by molar-refractivity contribution is 5.49. The lowest BCUT2D eigenvalue weighted by atomic mass is 9.75. The number of unbranched alkanes of at least 4 members (excludes halogenated alkanes) is 4. The zero-order valence-corrected chi connectivity index (χ0v) is 14.8. The highest BCUT2D eigenvalue weighted by atomic mass is 16.3. The Morgan fingerprint density at radius 2 is 1.52 bits per heavy atom. The molecule has 0 aliphatic heterocycles. The van der Waals surface area contributed by atoms with Gasteiger partial charge in [0, 0.05) is 11.0 Å². The number of aryl methyl sites for hydroxylation is 1. The van der Waals surface area contributed by atoms with Crippen LogP contribution in [0.4, 0.5) is 0 Å². The van der Waals surface area contributed by atoms with Crippen molar-refractivity contribution in [2.75, 3.05) is 0 Å². The summed E-state index contributed by atoms with van der Waals surface area (Å²) in [5, 5.41) is 10.5. The van der Waals surface area contributed by atoms with Crippen molar-refractivity contribution in [2.24, 2.45) is 0 Å². The average Bonchev–Trinajstić information content (AvgIpc) is 2.55. The number of phenolic OH excluding ortho intramolecular Hbond substituents is 1. The molecule has 1 N–H and O–H groups in total. The van der Waals surface area contributed by atoms with E-state index in [0.717, 1.165) is 12.0 Å². The van der Waals surface area contributed by atoms with E-state index in [1.54, 1.807) is 0 Å². The zero-order chi connectivity index (χ0) is 16.7. The van der Waals surface area contributed by atoms with Gasteiger partial charge in [0.1, 0.15) is 5.75 Å². The lowest BCUT2D eigenvalue weighted by Gasteiger charge is -2.29. The molecule has 0 amide bonds. The molecule has 1 heteroatoms. The number of hydrogen-bond donors (Lipinski definition) is 1. The zero-order valence-electron chi connectivity index (χ0n) is 14.8. The topological polar surface area (TPSA) is 20.2 Å². The summed E-state index contributed by atoms with van der Waals surface area (Å²) in [6, 6.07) is 16.5. The maximum Gasteiger partial charge on any atom is 0.119 e. The van der Waals surface area contributed by atoms with E-state index in [4.69, 9.17) is 0 Å². The molecule has 0 aromatic heterocycles. The van der Waals surface area contributed by atoms with Crippen LogP contribution in [-0.2, 0) is 11.8 Å². The van der Waals surface area contributed by atoms with Gasteiger partial charge in [0.2, 0.25) is 0 Å². The Hall–Kier alpha value is -1.76. The van der Waals surface area contributed by atoms with Gasteiger partial charge in [0.05, 0.1) is 0 Å². The first-order valence-corrected chi connectivity index (χ1v) is 8.94. The maximum absolute atomic E-state index is 10.5. The van der Waals surface area contributed by atoms with Crippen molar-refractivity contribution >= 4 is 0 Å². The van der Waals surface area contributed by atoms with Crippen LogP contribution < -0.4 is 0 Å². The molecule has 2 rings (SSSR count). The first-order chi connectivity index (χ1) is 11.1. The van der Waals surface area contributed by atoms with Crippen molar-refractivity contribution in [1.29, 1.82) is 0 Å². The normalized spacial score (nSPS) is 11.6. The summed E-state index contributed by atoms with van der Waals surface area (Å²) < 4.78 is 0. The van der Waals surface area contributed by atoms with Crippen molar-refractivity contribution < 1.29 is 5.11 Å². The Labute approximate surface area is 141 Å². The van der Waals surface area contributed by atoms with Gasteiger partial charge in [-0.05, 0) is 30.0 Å². The Morgan fingerprint density at radius 3 is 2.22 bits per heavy atom. The molecule has 0 saturated heterocycles. The molecule has 0 heterocycles. The second-order valence-electron chi connectivity index (χ2n) is 6.97. The Morgan fingerprint density at radius 1 is 0.826 bits per heavy atom. The van der Waals surface area contributed by atoms with Gasteiger partial charge in [-0.3, -0.25) is 0 Å². The molecular weight excluding hydrogens is 280 g/mol. The molecule has 124 valence electrons. The van der Waals surface area contributed by atoms with E-state index in [1.807, 2.05) is 18.2 Å². The van der Waals surface area contributed by atoms with Crippen molar-refractivity contribution in [3.63, 3.8) is 0 Å². The lowest BCUT2D eigenvalue weighted by molar-refractivity contribution is 0.450. The number of aromatic hydroxyl groups is 1. The maximum atomic E-state index is 10.5. The molecule has 0 radical (unpaired) electrons. The molecule has 0 unspecified atom stereocenters. The van der Waals surface area contributed by atoms with Gasteiger partial charge in [0.15, 0.2) is 0 Å². The SMILES string of the molecule is CCCCCCCc1cccc(O)c1C(C)(C)c1ccccc1. The van der Waals surface area contributed by atoms with Crippen LogP contribution in [0, 0.1) is 0 Å². The van der Waals surface area contributed by atoms with Gasteiger partial charge in [-0.25, -0.2) is 0 Å². The van der Waals surface area contributed by atoms with Gasteiger partial charge < -0.3 is 5.11 Å². The monoisotopic (exact) mass is 310 g/mol. The summed E-state index contributed by atoms with van der Waals surface area (Å²) in [6.07, 6.45) is 7.42. The van der Waals surface area contributed by atoms with Crippen LogP contribution in [0.1, 0.15) is 69.6 Å². The highest BCUT2D eigenvalue weighted by Gasteiger charge is 2.28. The van der Waals surface area contributed by atoms with E-state index in [2.05, 4.69) is 51.1 Å². The van der Waals surface area contributed by atoms with E-state index in [9.17, 15) is 5.11 Å². The molecule has 0 atom stereocenters. The van der Waals surface area contributed by atoms with E-state index in [0.29, 0.717) is 5.75 Å². The summed E-state index contributed by atoms with van der Waals surface area (Å²) in [5.41, 5.74) is 3.43. The van der Waals surface area contributed by atoms with Crippen molar-refractivity contribution in [1.82, 2.24) is 0 Å². The summed E-state index contributed by atoms with van der Waals surface area (Å²) in [5.74, 6) is 0.421. The fraction of sp³-hybridized carbons (Fsp3) is 0.455. The summed E-state index contributed by atoms with van der Waals surface area (Å²) >= 11 is 0. The quantitative estimate of drug-likeness (QED) is 0.573. The molecule has 23 heavy (non-hydrogen) atoms. The molecule has 0 saturated carbocycles. The summed E-state index contributed by atoms with van der Waals surface area (Å²) in [7, 11) is 0. The van der Waals surface area contributed by atoms with Crippen LogP contribution in [0.2, 0.25) is 0 Å². The van der Waals surface area contributed by atoms with E-state index in [1.165, 1.54) is 43.2 Å². The van der Waals surface area contributed by atoms with Crippen molar-refractivity contribution in [2.45, 2.75) is 64.7 Å². The third-order valence-corrected chi connectivity index (χ3v) is 4.80. The molecule has 2 aromatic carbocycles. The fourth-order valence-corrected chi connectivity index (χ4v) is 3.43. The molecule has 0 bridgehead atoms. The minimum Gasteiger partial charge on any atom is -0.508 e. The van der Waals surface area contributed by atoms with Gasteiger partial charge in [0.25, 0.3) is 0 Å². The van der Waals surface area contributed by atoms with E-state index < -0.39 is 0 Å². The minimum absolute atomic E-state index is 0.189. The minimum atomic E-state index is -0.189. The van der Waals surface area contributed by atoms with Crippen LogP contribution in [0.5, 0.6) is 5.75 Å². The highest BCUT2D eigenvalue weighted by Crippen LogP contribution is 2.39. The first kappa shape index (κ1) is 17.6. The fourth-order valence-electron chi connectivity index (χ4n) is 3.43. The van der Waals surface area contributed by atoms with Crippen LogP contribution >= 0.6 is 0 Å². The van der Waals surface area contributed by atoms with E-state index in [-0.39, 0.29) is 5.41 Å². The predicted molar refractivity (Wildman–Crippen MR) is 99.1 cm³/mol. The summed E-state index contributed by atoms with van der Waals surface area (Å²) in [4.78, 5) is 0. The van der Waals surface area contributed by atoms with E-state index >= 15 is 0 Å². The number of hydrogen-bond acceptors (Lipinski definition) is 1. The number of phenols is 1. The van der Waals surface area contributed by atoms with Crippen LogP contribution in [0.3, 0.4) is 0 Å². The van der Waals surface area contributed by atoms with Gasteiger partial charge in [-0.2, -0.15) is 0 Å². The number of rotatable bonds is 8. The third kappa shape index (κ3) is 4.37. The Bertz CT molecular complexity index is 599. The van der Waals surface area contributed by atoms with Gasteiger partial charge in [-0.1, -0.05) is 88.9 Å². The van der Waals surface area contributed by atoms with Gasteiger partial charge in [-0.15, -0.1) is 0 Å². The molecule has 0 fully saturated rings. The summed E-state index contributed by atoms with van der Waals surface area (Å²) in [6.45, 7) is 6.66. The molecule has 0 spiro atoms. The van der Waals surface area contributed by atoms with Gasteiger partial charge >= 0.3 is 0 Å². The van der Waals surface area contributed by atoms with Crippen LogP contribution in [-0.4, -0.2) is 5.11 Å². The molecule has 0 aliphatic rings. The van der Waals surface area contributed by atoms with Crippen LogP contribution in [0.15, 0.2) is 48.5 Å². The predicted octanol–water partition coefficient (Wildman–Crippen LogP) is 6.23.